The SMILES string of the molecule is CC(C)(C)c1nnc(C(=O)C2CCCN2C(=O)CNC(C)(C)C(O)c2ccccc2)o1. The van der Waals surface area contributed by atoms with Crippen LogP contribution in [0, 0.1) is 0 Å². The van der Waals surface area contributed by atoms with Gasteiger partial charge >= 0.3 is 0 Å². The summed E-state index contributed by atoms with van der Waals surface area (Å²) in [6.07, 6.45) is 0.512. The number of carbonyl (C=O) groups excluding carboxylic acids is 2. The van der Waals surface area contributed by atoms with Gasteiger partial charge in [-0.25, -0.2) is 0 Å². The Bertz CT molecular complexity index is 917. The zero-order chi connectivity index (χ0) is 22.8. The molecule has 1 aliphatic rings. The van der Waals surface area contributed by atoms with Crippen LogP contribution in [0.4, 0.5) is 0 Å². The molecule has 168 valence electrons. The summed E-state index contributed by atoms with van der Waals surface area (Å²) in [5.74, 6) is -0.176. The van der Waals surface area contributed by atoms with Gasteiger partial charge in [0.15, 0.2) is 0 Å². The molecule has 3 rings (SSSR count). The van der Waals surface area contributed by atoms with Gasteiger partial charge in [0.05, 0.1) is 12.6 Å². The maximum Gasteiger partial charge on any atom is 0.286 e. The first kappa shape index (κ1) is 23.1. The Morgan fingerprint density at radius 3 is 2.48 bits per heavy atom. The average Bonchev–Trinajstić information content (AvgIpc) is 3.41. The van der Waals surface area contributed by atoms with Crippen molar-refractivity contribution < 1.29 is 19.1 Å². The minimum absolute atomic E-state index is 0.0117. The van der Waals surface area contributed by atoms with E-state index in [0.717, 1.165) is 12.0 Å². The largest absolute Gasteiger partial charge is 0.418 e. The third-order valence-corrected chi connectivity index (χ3v) is 5.65. The molecule has 1 aromatic heterocycles. The summed E-state index contributed by atoms with van der Waals surface area (Å²) in [5.41, 5.74) is -0.316. The number of aliphatic hydroxyl groups is 1. The van der Waals surface area contributed by atoms with Gasteiger partial charge in [-0.05, 0) is 32.3 Å². The van der Waals surface area contributed by atoms with E-state index in [-0.39, 0.29) is 29.5 Å². The molecule has 2 atom stereocenters. The smallest absolute Gasteiger partial charge is 0.286 e. The number of likely N-dealkylation sites (tertiary alicyclic amines) is 1. The quantitative estimate of drug-likeness (QED) is 0.653. The van der Waals surface area contributed by atoms with Crippen LogP contribution in [0.2, 0.25) is 0 Å². The van der Waals surface area contributed by atoms with Crippen LogP contribution in [0.5, 0.6) is 0 Å². The second kappa shape index (κ2) is 8.88. The fourth-order valence-corrected chi connectivity index (χ4v) is 3.66. The first-order chi connectivity index (χ1) is 14.5. The topological polar surface area (TPSA) is 109 Å². The molecule has 1 fully saturated rings. The highest BCUT2D eigenvalue weighted by Crippen LogP contribution is 2.26. The fraction of sp³-hybridized carbons (Fsp3) is 0.565. The highest BCUT2D eigenvalue weighted by atomic mass is 16.4. The number of nitrogens with one attached hydrogen (secondary N) is 1. The lowest BCUT2D eigenvalue weighted by Gasteiger charge is -2.33. The molecule has 2 aromatic rings. The molecule has 1 aromatic carbocycles. The Balaban J connectivity index is 1.64. The second-order valence-electron chi connectivity index (χ2n) is 9.66. The van der Waals surface area contributed by atoms with Crippen molar-refractivity contribution in [3.8, 4) is 0 Å². The number of carbonyl (C=O) groups is 2. The maximum atomic E-state index is 12.9. The molecular formula is C23H32N4O4. The molecular weight excluding hydrogens is 396 g/mol. The number of nitrogens with zero attached hydrogens (tertiary/aromatic N) is 3. The Hall–Kier alpha value is -2.58. The van der Waals surface area contributed by atoms with E-state index in [1.807, 2.05) is 65.0 Å². The van der Waals surface area contributed by atoms with Crippen molar-refractivity contribution >= 4 is 11.7 Å². The van der Waals surface area contributed by atoms with Crippen molar-refractivity contribution in [1.82, 2.24) is 20.4 Å². The van der Waals surface area contributed by atoms with Crippen LogP contribution in [0.15, 0.2) is 34.7 Å². The number of ketones is 1. The Morgan fingerprint density at radius 2 is 1.87 bits per heavy atom. The van der Waals surface area contributed by atoms with Crippen LogP contribution in [-0.4, -0.2) is 56.6 Å². The highest BCUT2D eigenvalue weighted by molar-refractivity contribution is 5.98. The molecule has 31 heavy (non-hydrogen) atoms. The van der Waals surface area contributed by atoms with Crippen LogP contribution < -0.4 is 5.32 Å². The summed E-state index contributed by atoms with van der Waals surface area (Å²) in [7, 11) is 0. The zero-order valence-electron chi connectivity index (χ0n) is 18.9. The minimum atomic E-state index is -0.785. The molecule has 2 N–H and O–H groups in total. The van der Waals surface area contributed by atoms with Gasteiger partial charge in [-0.15, -0.1) is 10.2 Å². The minimum Gasteiger partial charge on any atom is -0.418 e. The van der Waals surface area contributed by atoms with E-state index in [1.54, 1.807) is 4.90 Å². The van der Waals surface area contributed by atoms with Crippen molar-refractivity contribution in [2.45, 2.75) is 70.6 Å². The van der Waals surface area contributed by atoms with E-state index in [9.17, 15) is 14.7 Å². The summed E-state index contributed by atoms with van der Waals surface area (Å²) in [6, 6.07) is 8.71. The summed E-state index contributed by atoms with van der Waals surface area (Å²) in [5, 5.41) is 21.8. The van der Waals surface area contributed by atoms with E-state index in [1.165, 1.54) is 0 Å². The van der Waals surface area contributed by atoms with Gasteiger partial charge in [0.2, 0.25) is 17.6 Å². The van der Waals surface area contributed by atoms with Gasteiger partial charge in [-0.3, -0.25) is 9.59 Å². The number of benzene rings is 1. The number of rotatable bonds is 7. The van der Waals surface area contributed by atoms with Gasteiger partial charge in [0.25, 0.3) is 5.89 Å². The molecule has 2 heterocycles. The van der Waals surface area contributed by atoms with Crippen LogP contribution in [0.3, 0.4) is 0 Å². The number of aliphatic hydroxyl groups excluding tert-OH is 1. The lowest BCUT2D eigenvalue weighted by atomic mass is 9.91. The summed E-state index contributed by atoms with van der Waals surface area (Å²) in [4.78, 5) is 27.4. The average molecular weight is 429 g/mol. The molecule has 1 saturated heterocycles. The number of hydrogen-bond donors (Lipinski definition) is 2. The van der Waals surface area contributed by atoms with Crippen LogP contribution in [0.1, 0.15) is 75.7 Å². The van der Waals surface area contributed by atoms with Gasteiger partial charge < -0.3 is 19.7 Å². The van der Waals surface area contributed by atoms with E-state index >= 15 is 0 Å². The number of hydrogen-bond acceptors (Lipinski definition) is 7. The second-order valence-corrected chi connectivity index (χ2v) is 9.66. The fourth-order valence-electron chi connectivity index (χ4n) is 3.66. The molecule has 8 nitrogen and oxygen atoms in total. The van der Waals surface area contributed by atoms with E-state index < -0.39 is 17.7 Å². The van der Waals surface area contributed by atoms with Crippen LogP contribution in [-0.2, 0) is 10.2 Å². The van der Waals surface area contributed by atoms with Crippen molar-refractivity contribution in [2.24, 2.45) is 0 Å². The molecule has 0 bridgehead atoms. The molecule has 0 radical (unpaired) electrons. The zero-order valence-corrected chi connectivity index (χ0v) is 18.9. The highest BCUT2D eigenvalue weighted by Gasteiger charge is 2.38. The number of Topliss-reactive ketones (excluding diaryl/α,β-unsaturated/α-hetero) is 1. The van der Waals surface area contributed by atoms with E-state index in [4.69, 9.17) is 4.42 Å². The molecule has 0 spiro atoms. The molecule has 2 unspecified atom stereocenters. The predicted octanol–water partition coefficient (Wildman–Crippen LogP) is 2.64. The van der Waals surface area contributed by atoms with Crippen molar-refractivity contribution in [2.75, 3.05) is 13.1 Å². The van der Waals surface area contributed by atoms with Crippen molar-refractivity contribution in [3.63, 3.8) is 0 Å². The molecule has 0 aliphatic carbocycles. The van der Waals surface area contributed by atoms with Crippen LogP contribution >= 0.6 is 0 Å². The maximum absolute atomic E-state index is 12.9. The first-order valence-electron chi connectivity index (χ1n) is 10.7. The Kier molecular flexibility index (Phi) is 6.62. The monoisotopic (exact) mass is 428 g/mol. The standard InChI is InChI=1S/C23H32N4O4/c1-22(2,3)21-26-25-20(31-21)18(29)16-12-9-13-27(16)17(28)14-24-23(4,5)19(30)15-10-7-6-8-11-15/h6-8,10-11,16,19,24,30H,9,12-14H2,1-5H3. The van der Waals surface area contributed by atoms with Crippen LogP contribution in [0.25, 0.3) is 0 Å². The molecule has 1 aliphatic heterocycles. The Labute approximate surface area is 183 Å². The lowest BCUT2D eigenvalue weighted by molar-refractivity contribution is -0.131. The molecule has 8 heteroatoms. The molecule has 1 amide bonds. The number of amides is 1. The number of aromatic nitrogens is 2. The Morgan fingerprint density at radius 1 is 1.19 bits per heavy atom. The van der Waals surface area contributed by atoms with E-state index in [0.29, 0.717) is 18.9 Å². The van der Waals surface area contributed by atoms with E-state index in [2.05, 4.69) is 15.5 Å². The summed E-state index contributed by atoms with van der Waals surface area (Å²) < 4.78 is 5.59. The molecule has 0 saturated carbocycles. The third kappa shape index (κ3) is 5.19. The van der Waals surface area contributed by atoms with Gasteiger partial charge in [0.1, 0.15) is 6.04 Å². The third-order valence-electron chi connectivity index (χ3n) is 5.65. The summed E-state index contributed by atoms with van der Waals surface area (Å²) in [6.45, 7) is 9.98. The van der Waals surface area contributed by atoms with Crippen molar-refractivity contribution in [3.05, 3.63) is 47.7 Å². The predicted molar refractivity (Wildman–Crippen MR) is 116 cm³/mol. The lowest BCUT2D eigenvalue weighted by Crippen LogP contribution is -2.51. The van der Waals surface area contributed by atoms with Gasteiger partial charge in [0, 0.05) is 17.5 Å². The van der Waals surface area contributed by atoms with Gasteiger partial charge in [-0.1, -0.05) is 51.1 Å². The van der Waals surface area contributed by atoms with Gasteiger partial charge in [-0.2, -0.15) is 0 Å². The summed E-state index contributed by atoms with van der Waals surface area (Å²) >= 11 is 0. The first-order valence-corrected chi connectivity index (χ1v) is 10.7. The normalized spacial score (nSPS) is 18.3. The van der Waals surface area contributed by atoms with Crippen molar-refractivity contribution in [1.29, 1.82) is 0 Å².